The monoisotopic (exact) mass is 498 g/mol. The van der Waals surface area contributed by atoms with Gasteiger partial charge in [-0.15, -0.1) is 0 Å². The third kappa shape index (κ3) is 3.15. The van der Waals surface area contributed by atoms with Gasteiger partial charge in [-0.3, -0.25) is 13.9 Å². The summed E-state index contributed by atoms with van der Waals surface area (Å²) in [7, 11) is 2.98. The summed E-state index contributed by atoms with van der Waals surface area (Å²) in [4.78, 5) is 26.8. The first kappa shape index (κ1) is 23.0. The highest BCUT2D eigenvalue weighted by atomic mass is 19.1. The van der Waals surface area contributed by atoms with Gasteiger partial charge >= 0.3 is 5.69 Å². The van der Waals surface area contributed by atoms with E-state index in [0.717, 1.165) is 15.7 Å². The van der Waals surface area contributed by atoms with Crippen molar-refractivity contribution in [3.8, 4) is 16.9 Å². The minimum absolute atomic E-state index is 0.193. The summed E-state index contributed by atoms with van der Waals surface area (Å²) < 4.78 is 34.9. The van der Waals surface area contributed by atoms with Crippen LogP contribution in [-0.2, 0) is 14.1 Å². The van der Waals surface area contributed by atoms with Gasteiger partial charge in [0.05, 0.1) is 39.7 Å². The van der Waals surface area contributed by atoms with E-state index in [9.17, 15) is 9.59 Å². The van der Waals surface area contributed by atoms with Gasteiger partial charge in [0.25, 0.3) is 5.56 Å². The lowest BCUT2D eigenvalue weighted by Gasteiger charge is -2.32. The third-order valence-corrected chi connectivity index (χ3v) is 7.38. The number of benzene rings is 3. The Balaban J connectivity index is 1.91. The Morgan fingerprint density at radius 2 is 1.49 bits per heavy atom. The molecule has 1 aliphatic rings. The smallest absolute Gasteiger partial charge is 0.331 e. The maximum Gasteiger partial charge on any atom is 0.331 e. The Hall–Kier alpha value is -4.46. The fraction of sp³-hybridized carbons (Fsp3) is 0.172. The standard InChI is InChI=1S/C29H24F2N4O2/c1-15-13-21-22(14-16(15)2)35-25(18-10-6-8-12-20(18)31)23-26(33(3)29(37)34(4)28(23)36)27(35)24(32-21)17-9-5-7-11-19(17)30/h5-14,24,32H,1-4H3/t24-/m0/s1. The average Bonchev–Trinajstić information content (AvgIpc) is 3.24. The highest BCUT2D eigenvalue weighted by Crippen LogP contribution is 2.46. The second-order valence-electron chi connectivity index (χ2n) is 9.53. The second-order valence-corrected chi connectivity index (χ2v) is 9.53. The summed E-state index contributed by atoms with van der Waals surface area (Å²) in [6.45, 7) is 3.95. The van der Waals surface area contributed by atoms with E-state index < -0.39 is 28.9 Å². The van der Waals surface area contributed by atoms with Crippen LogP contribution in [0.4, 0.5) is 14.5 Å². The van der Waals surface area contributed by atoms with Gasteiger partial charge in [-0.2, -0.15) is 0 Å². The van der Waals surface area contributed by atoms with Crippen molar-refractivity contribution >= 4 is 16.6 Å². The molecule has 3 aromatic carbocycles. The Morgan fingerprint density at radius 1 is 0.838 bits per heavy atom. The molecule has 37 heavy (non-hydrogen) atoms. The predicted octanol–water partition coefficient (Wildman–Crippen LogP) is 5.10. The zero-order valence-corrected chi connectivity index (χ0v) is 20.8. The van der Waals surface area contributed by atoms with E-state index in [2.05, 4.69) is 5.32 Å². The second kappa shape index (κ2) is 8.03. The molecule has 186 valence electrons. The molecule has 0 saturated carbocycles. The molecular formula is C29H24F2N4O2. The number of aryl methyl sites for hydroxylation is 3. The molecule has 0 spiro atoms. The van der Waals surface area contributed by atoms with E-state index in [-0.39, 0.29) is 10.9 Å². The minimum Gasteiger partial charge on any atom is -0.371 e. The van der Waals surface area contributed by atoms with Crippen molar-refractivity contribution in [1.29, 1.82) is 0 Å². The van der Waals surface area contributed by atoms with Crippen molar-refractivity contribution in [3.63, 3.8) is 0 Å². The largest absolute Gasteiger partial charge is 0.371 e. The van der Waals surface area contributed by atoms with Gasteiger partial charge in [0.2, 0.25) is 0 Å². The number of hydrogen-bond acceptors (Lipinski definition) is 3. The summed E-state index contributed by atoms with van der Waals surface area (Å²) in [6.07, 6.45) is 0. The molecule has 3 heterocycles. The van der Waals surface area contributed by atoms with Crippen molar-refractivity contribution in [2.24, 2.45) is 14.1 Å². The predicted molar refractivity (Wildman–Crippen MR) is 140 cm³/mol. The van der Waals surface area contributed by atoms with E-state index in [1.54, 1.807) is 43.4 Å². The molecule has 0 bridgehead atoms. The molecule has 1 atom stereocenters. The highest BCUT2D eigenvalue weighted by Gasteiger charge is 2.36. The highest BCUT2D eigenvalue weighted by molar-refractivity contribution is 5.99. The quantitative estimate of drug-likeness (QED) is 0.368. The maximum atomic E-state index is 15.4. The normalized spacial score (nSPS) is 14.4. The van der Waals surface area contributed by atoms with Crippen molar-refractivity contribution in [1.82, 2.24) is 13.7 Å². The molecule has 0 unspecified atom stereocenters. The fourth-order valence-electron chi connectivity index (χ4n) is 5.38. The molecular weight excluding hydrogens is 474 g/mol. The molecule has 1 aliphatic heterocycles. The van der Waals surface area contributed by atoms with E-state index in [1.165, 1.54) is 23.7 Å². The number of nitrogens with zero attached hydrogens (tertiary/aromatic N) is 3. The van der Waals surface area contributed by atoms with Gasteiger partial charge in [-0.05, 0) is 55.3 Å². The van der Waals surface area contributed by atoms with E-state index >= 15 is 8.78 Å². The molecule has 0 aliphatic carbocycles. The van der Waals surface area contributed by atoms with Crippen molar-refractivity contribution < 1.29 is 8.78 Å². The molecule has 2 aromatic heterocycles. The molecule has 1 N–H and O–H groups in total. The van der Waals surface area contributed by atoms with Crippen LogP contribution >= 0.6 is 0 Å². The van der Waals surface area contributed by atoms with Gasteiger partial charge in [0, 0.05) is 25.2 Å². The number of hydrogen-bond donors (Lipinski definition) is 1. The molecule has 0 radical (unpaired) electrons. The Bertz CT molecular complexity index is 1880. The van der Waals surface area contributed by atoms with Gasteiger partial charge in [0.1, 0.15) is 11.6 Å². The zero-order chi connectivity index (χ0) is 26.2. The number of fused-ring (bicyclic) bond motifs is 5. The van der Waals surface area contributed by atoms with Crippen LogP contribution in [0.15, 0.2) is 70.3 Å². The Labute approximate surface area is 211 Å². The number of anilines is 1. The van der Waals surface area contributed by atoms with E-state index in [1.807, 2.05) is 30.5 Å². The SMILES string of the molecule is Cc1cc2c(cc1C)-n1c(-c3ccccc3F)c3c(=O)n(C)c(=O)n(C)c3c1[C@H](c1ccccc1F)N2. The van der Waals surface area contributed by atoms with Crippen LogP contribution in [0.1, 0.15) is 28.4 Å². The first-order chi connectivity index (χ1) is 17.7. The summed E-state index contributed by atoms with van der Waals surface area (Å²) >= 11 is 0. The van der Waals surface area contributed by atoms with Crippen LogP contribution in [0, 0.1) is 25.5 Å². The average molecular weight is 499 g/mol. The van der Waals surface area contributed by atoms with Gasteiger partial charge in [-0.1, -0.05) is 30.3 Å². The summed E-state index contributed by atoms with van der Waals surface area (Å²) in [5, 5.41) is 3.65. The molecule has 0 amide bonds. The van der Waals surface area contributed by atoms with Gasteiger partial charge < -0.3 is 9.88 Å². The lowest BCUT2D eigenvalue weighted by Crippen LogP contribution is -2.37. The van der Waals surface area contributed by atoms with Crippen LogP contribution in [0.5, 0.6) is 0 Å². The topological polar surface area (TPSA) is 61.0 Å². The maximum absolute atomic E-state index is 15.4. The molecule has 0 saturated heterocycles. The molecule has 8 heteroatoms. The first-order valence-electron chi connectivity index (χ1n) is 11.9. The number of halogens is 2. The van der Waals surface area contributed by atoms with Crippen LogP contribution in [0.25, 0.3) is 27.8 Å². The number of nitrogens with one attached hydrogen (secondary N) is 1. The van der Waals surface area contributed by atoms with Crippen molar-refractivity contribution in [3.05, 3.63) is 116 Å². The lowest BCUT2D eigenvalue weighted by atomic mass is 9.97. The van der Waals surface area contributed by atoms with Crippen molar-refractivity contribution in [2.75, 3.05) is 5.32 Å². The molecule has 6 nitrogen and oxygen atoms in total. The fourth-order valence-corrected chi connectivity index (χ4v) is 5.38. The zero-order valence-electron chi connectivity index (χ0n) is 20.8. The van der Waals surface area contributed by atoms with Crippen LogP contribution < -0.4 is 16.6 Å². The van der Waals surface area contributed by atoms with E-state index in [0.29, 0.717) is 33.8 Å². The Morgan fingerprint density at radius 3 is 2.19 bits per heavy atom. The molecule has 6 rings (SSSR count). The van der Waals surface area contributed by atoms with Crippen molar-refractivity contribution in [2.45, 2.75) is 19.9 Å². The molecule has 0 fully saturated rings. The van der Waals surface area contributed by atoms with Crippen LogP contribution in [0.2, 0.25) is 0 Å². The summed E-state index contributed by atoms with van der Waals surface area (Å²) in [5.41, 5.74) is 4.06. The summed E-state index contributed by atoms with van der Waals surface area (Å²) in [5.74, 6) is -0.943. The third-order valence-electron chi connectivity index (χ3n) is 7.38. The summed E-state index contributed by atoms with van der Waals surface area (Å²) in [6, 6.07) is 15.8. The lowest BCUT2D eigenvalue weighted by molar-refractivity contribution is 0.599. The molecule has 5 aromatic rings. The van der Waals surface area contributed by atoms with Crippen LogP contribution in [-0.4, -0.2) is 13.7 Å². The van der Waals surface area contributed by atoms with Gasteiger partial charge in [0.15, 0.2) is 0 Å². The Kier molecular flexibility index (Phi) is 4.98. The first-order valence-corrected chi connectivity index (χ1v) is 11.9. The number of aromatic nitrogens is 3. The van der Waals surface area contributed by atoms with E-state index in [4.69, 9.17) is 0 Å². The van der Waals surface area contributed by atoms with Gasteiger partial charge in [-0.25, -0.2) is 13.6 Å². The number of rotatable bonds is 2. The van der Waals surface area contributed by atoms with Crippen LogP contribution in [0.3, 0.4) is 0 Å². The minimum atomic E-state index is -0.753.